The molecule has 0 aliphatic heterocycles. The molecule has 4 nitrogen and oxygen atoms in total. The summed E-state index contributed by atoms with van der Waals surface area (Å²) >= 11 is 1.55. The molecule has 0 aliphatic rings. The van der Waals surface area contributed by atoms with Crippen molar-refractivity contribution in [2.45, 2.75) is 26.3 Å². The van der Waals surface area contributed by atoms with Crippen molar-refractivity contribution in [1.82, 2.24) is 15.5 Å². The molecule has 2 heterocycles. The summed E-state index contributed by atoms with van der Waals surface area (Å²) in [5.74, 6) is 0. The van der Waals surface area contributed by atoms with E-state index < -0.39 is 0 Å². The molecule has 18 heavy (non-hydrogen) atoms. The molecule has 0 amide bonds. The first-order valence-electron chi connectivity index (χ1n) is 5.98. The Balaban J connectivity index is 1.65. The number of thiophene rings is 1. The zero-order valence-electron chi connectivity index (χ0n) is 10.4. The van der Waals surface area contributed by atoms with E-state index in [0.717, 1.165) is 36.5 Å². The summed E-state index contributed by atoms with van der Waals surface area (Å²) < 4.78 is 0. The molecule has 0 atom stereocenters. The molecule has 0 radical (unpaired) electrons. The SMILES string of the molecule is Cc1[nH]ncc1CCCNCc1ccc(C#N)s1. The normalized spacial score (nSPS) is 10.4. The van der Waals surface area contributed by atoms with Crippen molar-refractivity contribution < 1.29 is 0 Å². The van der Waals surface area contributed by atoms with Crippen LogP contribution in [-0.4, -0.2) is 16.7 Å². The highest BCUT2D eigenvalue weighted by Gasteiger charge is 2.01. The number of H-pyrrole nitrogens is 1. The van der Waals surface area contributed by atoms with Gasteiger partial charge in [-0.05, 0) is 44.0 Å². The number of nitrogens with zero attached hydrogens (tertiary/aromatic N) is 2. The van der Waals surface area contributed by atoms with E-state index in [1.165, 1.54) is 10.4 Å². The van der Waals surface area contributed by atoms with E-state index in [4.69, 9.17) is 5.26 Å². The third-order valence-electron chi connectivity index (χ3n) is 2.81. The number of nitriles is 1. The van der Waals surface area contributed by atoms with Crippen LogP contribution in [0.5, 0.6) is 0 Å². The predicted octanol–water partition coefficient (Wildman–Crippen LogP) is 2.37. The minimum Gasteiger partial charge on any atom is -0.312 e. The highest BCUT2D eigenvalue weighted by atomic mass is 32.1. The van der Waals surface area contributed by atoms with Gasteiger partial charge >= 0.3 is 0 Å². The molecule has 2 aromatic heterocycles. The van der Waals surface area contributed by atoms with Gasteiger partial charge in [0.25, 0.3) is 0 Å². The smallest absolute Gasteiger partial charge is 0.110 e. The maximum atomic E-state index is 8.72. The van der Waals surface area contributed by atoms with Crippen molar-refractivity contribution in [3.8, 4) is 6.07 Å². The Bertz CT molecular complexity index is 535. The lowest BCUT2D eigenvalue weighted by molar-refractivity contribution is 0.653. The van der Waals surface area contributed by atoms with Crippen LogP contribution in [-0.2, 0) is 13.0 Å². The second-order valence-corrected chi connectivity index (χ2v) is 5.35. The number of aromatic amines is 1. The topological polar surface area (TPSA) is 64.5 Å². The first kappa shape index (κ1) is 12.8. The maximum absolute atomic E-state index is 8.72. The van der Waals surface area contributed by atoms with Crippen LogP contribution < -0.4 is 5.32 Å². The third-order valence-corrected chi connectivity index (χ3v) is 3.79. The van der Waals surface area contributed by atoms with E-state index in [9.17, 15) is 0 Å². The van der Waals surface area contributed by atoms with Crippen LogP contribution in [0, 0.1) is 18.3 Å². The number of rotatable bonds is 6. The fourth-order valence-corrected chi connectivity index (χ4v) is 2.55. The lowest BCUT2D eigenvalue weighted by Crippen LogP contribution is -2.14. The van der Waals surface area contributed by atoms with E-state index in [-0.39, 0.29) is 0 Å². The molecular weight excluding hydrogens is 244 g/mol. The minimum absolute atomic E-state index is 0.779. The molecule has 2 aromatic rings. The molecule has 0 saturated heterocycles. The van der Waals surface area contributed by atoms with Crippen LogP contribution in [0.4, 0.5) is 0 Å². The van der Waals surface area contributed by atoms with Crippen LogP contribution in [0.2, 0.25) is 0 Å². The second kappa shape index (κ2) is 6.34. The standard InChI is InChI=1S/C13H16N4S/c1-10-11(8-16-17-10)3-2-6-15-9-13-5-4-12(7-14)18-13/h4-5,8,15H,2-3,6,9H2,1H3,(H,16,17). The molecule has 0 saturated carbocycles. The molecular formula is C13H16N4S. The molecule has 2 N–H and O–H groups in total. The van der Waals surface area contributed by atoms with Crippen molar-refractivity contribution in [2.75, 3.05) is 6.54 Å². The molecule has 5 heteroatoms. The Labute approximate surface area is 111 Å². The Morgan fingerprint density at radius 1 is 1.50 bits per heavy atom. The van der Waals surface area contributed by atoms with Gasteiger partial charge in [-0.3, -0.25) is 5.10 Å². The molecule has 0 fully saturated rings. The summed E-state index contributed by atoms with van der Waals surface area (Å²) in [6.07, 6.45) is 4.04. The molecule has 0 unspecified atom stereocenters. The Morgan fingerprint density at radius 3 is 3.06 bits per heavy atom. The maximum Gasteiger partial charge on any atom is 0.110 e. The number of hydrogen-bond donors (Lipinski definition) is 2. The fourth-order valence-electron chi connectivity index (χ4n) is 1.78. The Hall–Kier alpha value is -1.64. The van der Waals surface area contributed by atoms with Gasteiger partial charge in [0.15, 0.2) is 0 Å². The first-order valence-corrected chi connectivity index (χ1v) is 6.79. The summed E-state index contributed by atoms with van der Waals surface area (Å²) in [4.78, 5) is 1.99. The number of aromatic nitrogens is 2. The second-order valence-electron chi connectivity index (χ2n) is 4.18. The van der Waals surface area contributed by atoms with E-state index >= 15 is 0 Å². The lowest BCUT2D eigenvalue weighted by Gasteiger charge is -2.02. The van der Waals surface area contributed by atoms with Gasteiger partial charge in [-0.1, -0.05) is 0 Å². The lowest BCUT2D eigenvalue weighted by atomic mass is 10.1. The van der Waals surface area contributed by atoms with Crippen molar-refractivity contribution in [3.05, 3.63) is 39.3 Å². The summed E-state index contributed by atoms with van der Waals surface area (Å²) in [5, 5.41) is 19.1. The average Bonchev–Trinajstić information content (AvgIpc) is 2.98. The van der Waals surface area contributed by atoms with Crippen molar-refractivity contribution in [1.29, 1.82) is 5.26 Å². The van der Waals surface area contributed by atoms with E-state index in [1.807, 2.05) is 25.3 Å². The van der Waals surface area contributed by atoms with E-state index in [2.05, 4.69) is 21.6 Å². The minimum atomic E-state index is 0.779. The Kier molecular flexibility index (Phi) is 4.51. The summed E-state index contributed by atoms with van der Waals surface area (Å²) in [5.41, 5.74) is 2.45. The largest absolute Gasteiger partial charge is 0.312 e. The summed E-state index contributed by atoms with van der Waals surface area (Å²) in [7, 11) is 0. The molecule has 0 aliphatic carbocycles. The molecule has 0 spiro atoms. The zero-order chi connectivity index (χ0) is 12.8. The average molecular weight is 260 g/mol. The number of nitrogens with one attached hydrogen (secondary N) is 2. The summed E-state index contributed by atoms with van der Waals surface area (Å²) in [6, 6.07) is 6.04. The van der Waals surface area contributed by atoms with Crippen molar-refractivity contribution in [2.24, 2.45) is 0 Å². The van der Waals surface area contributed by atoms with Gasteiger partial charge in [-0.15, -0.1) is 11.3 Å². The van der Waals surface area contributed by atoms with Gasteiger partial charge in [-0.2, -0.15) is 10.4 Å². The van der Waals surface area contributed by atoms with Gasteiger partial charge in [-0.25, -0.2) is 0 Å². The van der Waals surface area contributed by atoms with Crippen LogP contribution in [0.15, 0.2) is 18.3 Å². The van der Waals surface area contributed by atoms with Crippen LogP contribution in [0.3, 0.4) is 0 Å². The molecule has 94 valence electrons. The van der Waals surface area contributed by atoms with Gasteiger partial charge in [0, 0.05) is 17.1 Å². The molecule has 2 rings (SSSR count). The predicted molar refractivity (Wildman–Crippen MR) is 72.4 cm³/mol. The van der Waals surface area contributed by atoms with Crippen LogP contribution in [0.1, 0.15) is 27.4 Å². The quantitative estimate of drug-likeness (QED) is 0.784. The highest BCUT2D eigenvalue weighted by molar-refractivity contribution is 7.12. The summed E-state index contributed by atoms with van der Waals surface area (Å²) in [6.45, 7) is 3.87. The van der Waals surface area contributed by atoms with Crippen molar-refractivity contribution in [3.63, 3.8) is 0 Å². The van der Waals surface area contributed by atoms with Gasteiger partial charge in [0.05, 0.1) is 6.20 Å². The Morgan fingerprint density at radius 2 is 2.39 bits per heavy atom. The van der Waals surface area contributed by atoms with Gasteiger partial charge < -0.3 is 5.32 Å². The van der Waals surface area contributed by atoms with E-state index in [0.29, 0.717) is 0 Å². The van der Waals surface area contributed by atoms with Gasteiger partial charge in [0.1, 0.15) is 10.9 Å². The zero-order valence-corrected chi connectivity index (χ0v) is 11.2. The highest BCUT2D eigenvalue weighted by Crippen LogP contribution is 2.14. The first-order chi connectivity index (χ1) is 8.79. The monoisotopic (exact) mass is 260 g/mol. The van der Waals surface area contributed by atoms with Crippen molar-refractivity contribution >= 4 is 11.3 Å². The number of hydrogen-bond acceptors (Lipinski definition) is 4. The van der Waals surface area contributed by atoms with Crippen LogP contribution >= 0.6 is 11.3 Å². The fraction of sp³-hybridized carbons (Fsp3) is 0.385. The third kappa shape index (κ3) is 3.42. The van der Waals surface area contributed by atoms with Gasteiger partial charge in [0.2, 0.25) is 0 Å². The molecule has 0 bridgehead atoms. The number of aryl methyl sites for hydroxylation is 2. The molecule has 0 aromatic carbocycles. The van der Waals surface area contributed by atoms with E-state index in [1.54, 1.807) is 11.3 Å². The van der Waals surface area contributed by atoms with Crippen LogP contribution in [0.25, 0.3) is 0 Å².